The largest absolute Gasteiger partial charge is 0.368 e. The molecule has 8 N–H and O–H groups in total. The lowest BCUT2D eigenvalue weighted by atomic mass is 9.98. The molecule has 4 aromatic rings. The zero-order valence-corrected chi connectivity index (χ0v) is 28.2. The molecule has 3 atom stereocenters. The highest BCUT2D eigenvalue weighted by atomic mass is 19.1. The van der Waals surface area contributed by atoms with Crippen molar-refractivity contribution in [3.8, 4) is 11.1 Å². The number of nitrogens with one attached hydrogen (secondary N) is 2. The second kappa shape index (κ2) is 18.4. The molecule has 0 aromatic heterocycles. The first kappa shape index (κ1) is 37.4. The van der Waals surface area contributed by atoms with Crippen molar-refractivity contribution in [2.75, 3.05) is 13.6 Å². The van der Waals surface area contributed by atoms with Crippen LogP contribution in [0.1, 0.15) is 46.3 Å². The lowest BCUT2D eigenvalue weighted by molar-refractivity contribution is -0.141. The Balaban J connectivity index is 1.65. The van der Waals surface area contributed by atoms with E-state index < -0.39 is 47.6 Å². The first-order valence-corrected chi connectivity index (χ1v) is 16.6. The molecule has 0 saturated heterocycles. The van der Waals surface area contributed by atoms with Crippen molar-refractivity contribution in [3.63, 3.8) is 0 Å². The van der Waals surface area contributed by atoms with Crippen molar-refractivity contribution in [3.05, 3.63) is 131 Å². The molecule has 11 heteroatoms. The molecular weight excluding hydrogens is 635 g/mol. The van der Waals surface area contributed by atoms with Crippen LogP contribution in [-0.4, -0.2) is 60.2 Å². The van der Waals surface area contributed by atoms with Crippen molar-refractivity contribution >= 4 is 23.6 Å². The average molecular weight is 681 g/mol. The van der Waals surface area contributed by atoms with Crippen LogP contribution < -0.4 is 27.8 Å². The van der Waals surface area contributed by atoms with Gasteiger partial charge < -0.3 is 32.7 Å². The van der Waals surface area contributed by atoms with Crippen molar-refractivity contribution in [1.82, 2.24) is 15.5 Å². The maximum Gasteiger partial charge on any atom is 0.251 e. The summed E-state index contributed by atoms with van der Waals surface area (Å²) < 4.78 is 13.8. The SMILES string of the molecule is CN(C(=O)[C@@H](Cc1ccc(-c2ccccc2)cc1)NC(=O)c1cccc(CN)c1)[C@H](Cc1ccc(F)cc1)C(=O)N[C@@H](CCCCN)C(N)=O. The van der Waals surface area contributed by atoms with Gasteiger partial charge in [0.15, 0.2) is 0 Å². The van der Waals surface area contributed by atoms with E-state index in [1.165, 1.54) is 36.2 Å². The summed E-state index contributed by atoms with van der Waals surface area (Å²) in [6.07, 6.45) is 1.60. The summed E-state index contributed by atoms with van der Waals surface area (Å²) in [6, 6.07) is 26.7. The van der Waals surface area contributed by atoms with Crippen LogP contribution in [0.5, 0.6) is 0 Å². The Morgan fingerprint density at radius 2 is 1.36 bits per heavy atom. The fourth-order valence-electron chi connectivity index (χ4n) is 5.68. The van der Waals surface area contributed by atoms with E-state index in [0.29, 0.717) is 30.5 Å². The van der Waals surface area contributed by atoms with Crippen LogP contribution in [-0.2, 0) is 33.8 Å². The van der Waals surface area contributed by atoms with Crippen LogP contribution in [0.15, 0.2) is 103 Å². The first-order chi connectivity index (χ1) is 24.1. The van der Waals surface area contributed by atoms with Crippen LogP contribution >= 0.6 is 0 Å². The number of carbonyl (C=O) groups is 4. The summed E-state index contributed by atoms with van der Waals surface area (Å²) in [5.41, 5.74) is 21.5. The lowest BCUT2D eigenvalue weighted by Gasteiger charge is -2.32. The third kappa shape index (κ3) is 10.6. The van der Waals surface area contributed by atoms with Gasteiger partial charge in [-0.2, -0.15) is 0 Å². The van der Waals surface area contributed by atoms with Crippen LogP contribution in [0.25, 0.3) is 11.1 Å². The molecule has 0 spiro atoms. The Morgan fingerprint density at radius 1 is 0.720 bits per heavy atom. The van der Waals surface area contributed by atoms with Gasteiger partial charge >= 0.3 is 0 Å². The Hall–Kier alpha value is -5.39. The van der Waals surface area contributed by atoms with E-state index in [4.69, 9.17) is 17.2 Å². The number of nitrogens with two attached hydrogens (primary N) is 3. The predicted molar refractivity (Wildman–Crippen MR) is 192 cm³/mol. The predicted octanol–water partition coefficient (Wildman–Crippen LogP) is 3.46. The maximum atomic E-state index is 14.4. The van der Waals surface area contributed by atoms with E-state index in [1.807, 2.05) is 54.6 Å². The van der Waals surface area contributed by atoms with E-state index in [9.17, 15) is 23.6 Å². The quantitative estimate of drug-likeness (QED) is 0.107. The normalized spacial score (nSPS) is 12.7. The van der Waals surface area contributed by atoms with Gasteiger partial charge in [-0.3, -0.25) is 19.2 Å². The Kier molecular flexibility index (Phi) is 13.8. The minimum Gasteiger partial charge on any atom is -0.368 e. The molecule has 0 fully saturated rings. The number of nitrogens with zero attached hydrogens (tertiary/aromatic N) is 1. The number of likely N-dealkylation sites (N-methyl/N-ethyl adjacent to an activating group) is 1. The highest BCUT2D eigenvalue weighted by Gasteiger charge is 2.34. The summed E-state index contributed by atoms with van der Waals surface area (Å²) in [7, 11) is 1.47. The molecule has 0 radical (unpaired) electrons. The zero-order valence-electron chi connectivity index (χ0n) is 28.2. The third-order valence-corrected chi connectivity index (χ3v) is 8.60. The molecule has 0 aliphatic carbocycles. The lowest BCUT2D eigenvalue weighted by Crippen LogP contribution is -2.57. The number of rotatable bonds is 17. The first-order valence-electron chi connectivity index (χ1n) is 16.6. The van der Waals surface area contributed by atoms with Crippen LogP contribution in [0, 0.1) is 5.82 Å². The molecule has 0 bridgehead atoms. The number of hydrogen-bond donors (Lipinski definition) is 5. The topological polar surface area (TPSA) is 174 Å². The van der Waals surface area contributed by atoms with E-state index in [-0.39, 0.29) is 25.8 Å². The van der Waals surface area contributed by atoms with E-state index in [2.05, 4.69) is 10.6 Å². The van der Waals surface area contributed by atoms with Gasteiger partial charge in [-0.1, -0.05) is 78.9 Å². The number of primary amides is 1. The molecule has 4 amide bonds. The summed E-state index contributed by atoms with van der Waals surface area (Å²) in [4.78, 5) is 55.3. The average Bonchev–Trinajstić information content (AvgIpc) is 3.13. The van der Waals surface area contributed by atoms with Gasteiger partial charge in [0.25, 0.3) is 5.91 Å². The fraction of sp³-hybridized carbons (Fsp3) is 0.282. The summed E-state index contributed by atoms with van der Waals surface area (Å²) in [6.45, 7) is 0.654. The number of carbonyl (C=O) groups excluding carboxylic acids is 4. The molecule has 0 aliphatic heterocycles. The van der Waals surface area contributed by atoms with Gasteiger partial charge in [0.1, 0.15) is 23.9 Å². The molecule has 4 rings (SSSR count). The van der Waals surface area contributed by atoms with Gasteiger partial charge in [-0.15, -0.1) is 0 Å². The maximum absolute atomic E-state index is 14.4. The summed E-state index contributed by atoms with van der Waals surface area (Å²) in [5, 5.41) is 5.59. The molecule has 10 nitrogen and oxygen atoms in total. The molecular formula is C39H45FN6O4. The summed E-state index contributed by atoms with van der Waals surface area (Å²) >= 11 is 0. The number of halogens is 1. The summed E-state index contributed by atoms with van der Waals surface area (Å²) in [5.74, 6) is -2.81. The number of unbranched alkanes of at least 4 members (excludes halogenated alkanes) is 1. The molecule has 0 aliphatic rings. The zero-order chi connectivity index (χ0) is 36.0. The van der Waals surface area contributed by atoms with E-state index >= 15 is 0 Å². The van der Waals surface area contributed by atoms with Gasteiger partial charge in [0.05, 0.1) is 0 Å². The Bertz CT molecular complexity index is 1730. The third-order valence-electron chi connectivity index (χ3n) is 8.60. The molecule has 0 heterocycles. The van der Waals surface area contributed by atoms with Crippen LogP contribution in [0.4, 0.5) is 4.39 Å². The molecule has 4 aromatic carbocycles. The minimum absolute atomic E-state index is 0.00756. The van der Waals surface area contributed by atoms with Crippen LogP contribution in [0.3, 0.4) is 0 Å². The van der Waals surface area contributed by atoms with Crippen molar-refractivity contribution in [2.45, 2.75) is 56.8 Å². The van der Waals surface area contributed by atoms with Crippen molar-refractivity contribution in [2.24, 2.45) is 17.2 Å². The monoisotopic (exact) mass is 680 g/mol. The number of amides is 4. The molecule has 50 heavy (non-hydrogen) atoms. The second-order valence-electron chi connectivity index (χ2n) is 12.2. The highest BCUT2D eigenvalue weighted by molar-refractivity contribution is 5.99. The van der Waals surface area contributed by atoms with Gasteiger partial charge in [0.2, 0.25) is 17.7 Å². The number of hydrogen-bond acceptors (Lipinski definition) is 6. The molecule has 0 saturated carbocycles. The van der Waals surface area contributed by atoms with Gasteiger partial charge in [0, 0.05) is 32.0 Å². The second-order valence-corrected chi connectivity index (χ2v) is 12.2. The highest BCUT2D eigenvalue weighted by Crippen LogP contribution is 2.21. The molecule has 262 valence electrons. The molecule has 0 unspecified atom stereocenters. The minimum atomic E-state index is -1.13. The fourth-order valence-corrected chi connectivity index (χ4v) is 5.68. The standard InChI is InChI=1S/C39H45FN6O4/c1-46(35(24-27-15-19-32(40)20-16-27)38(49)44-33(36(43)47)12-5-6-21-41)39(50)34(45-37(48)31-11-7-8-28(22-31)25-42)23-26-13-17-30(18-14-26)29-9-3-2-4-10-29/h2-4,7-11,13-20,22,33-35H,5-6,12,21,23-25,41-42H2,1H3,(H2,43,47)(H,44,49)(H,45,48)/t33-,34+,35+/m0/s1. The van der Waals surface area contributed by atoms with Gasteiger partial charge in [-0.25, -0.2) is 4.39 Å². The van der Waals surface area contributed by atoms with Crippen molar-refractivity contribution in [1.29, 1.82) is 0 Å². The van der Waals surface area contributed by atoms with Crippen molar-refractivity contribution < 1.29 is 23.6 Å². The number of benzene rings is 4. The van der Waals surface area contributed by atoms with Gasteiger partial charge in [-0.05, 0) is 77.9 Å². The Labute approximate surface area is 292 Å². The van der Waals surface area contributed by atoms with E-state index in [1.54, 1.807) is 24.3 Å². The smallest absolute Gasteiger partial charge is 0.251 e. The van der Waals surface area contributed by atoms with Crippen LogP contribution in [0.2, 0.25) is 0 Å². The van der Waals surface area contributed by atoms with E-state index in [0.717, 1.165) is 22.3 Å². The Morgan fingerprint density at radius 3 is 2.00 bits per heavy atom.